The number of esters is 1. The van der Waals surface area contributed by atoms with Gasteiger partial charge in [0.25, 0.3) is 0 Å². The normalized spacial score (nSPS) is 10.4. The van der Waals surface area contributed by atoms with Gasteiger partial charge in [-0.25, -0.2) is 4.79 Å². The van der Waals surface area contributed by atoms with Crippen LogP contribution in [0.2, 0.25) is 5.02 Å². The number of thiocarbonyl (C=S) groups is 1. The summed E-state index contributed by atoms with van der Waals surface area (Å²) in [6.07, 6.45) is 2.67. The van der Waals surface area contributed by atoms with Crippen LogP contribution in [0.1, 0.15) is 29.5 Å². The first kappa shape index (κ1) is 20.6. The first-order valence-electron chi connectivity index (χ1n) is 8.21. The molecule has 0 spiro atoms. The summed E-state index contributed by atoms with van der Waals surface area (Å²) in [7, 11) is 0. The molecule has 8 heteroatoms. The molecule has 140 valence electrons. The third-order valence-electron chi connectivity index (χ3n) is 3.30. The van der Waals surface area contributed by atoms with Gasteiger partial charge in [-0.1, -0.05) is 11.6 Å². The first-order valence-corrected chi connectivity index (χ1v) is 10.2. The molecule has 0 amide bonds. The Kier molecular flexibility index (Phi) is 8.80. The highest BCUT2D eigenvalue weighted by molar-refractivity contribution is 7.98. The summed E-state index contributed by atoms with van der Waals surface area (Å²) in [4.78, 5) is 11.7. The number of nitrogens with one attached hydrogen (secondary N) is 2. The quantitative estimate of drug-likeness (QED) is 0.351. The van der Waals surface area contributed by atoms with Crippen LogP contribution in [0.15, 0.2) is 41.0 Å². The molecule has 0 saturated carbocycles. The van der Waals surface area contributed by atoms with Crippen LogP contribution in [0, 0.1) is 0 Å². The minimum absolute atomic E-state index is 0.309. The number of benzene rings is 1. The van der Waals surface area contributed by atoms with E-state index in [1.807, 2.05) is 23.9 Å². The fraction of sp³-hybridized carbons (Fsp3) is 0.333. The zero-order valence-electron chi connectivity index (χ0n) is 14.4. The summed E-state index contributed by atoms with van der Waals surface area (Å²) in [5.74, 6) is 2.44. The molecule has 1 heterocycles. The first-order chi connectivity index (χ1) is 12.6. The standard InChI is InChI=1S/C18H21ClN2O3S2/c1-2-23-17(22)15-7-6-13(11-16(15)19)21-18(25)20-8-4-10-26-12-14-5-3-9-24-14/h3,5-7,9,11H,2,4,8,10,12H2,1H3,(H2,20,21,25). The highest BCUT2D eigenvalue weighted by Gasteiger charge is 2.12. The van der Waals surface area contributed by atoms with E-state index in [0.717, 1.165) is 30.2 Å². The zero-order chi connectivity index (χ0) is 18.8. The van der Waals surface area contributed by atoms with E-state index < -0.39 is 5.97 Å². The van der Waals surface area contributed by atoms with Crippen molar-refractivity contribution in [3.63, 3.8) is 0 Å². The Morgan fingerprint density at radius 2 is 2.23 bits per heavy atom. The second kappa shape index (κ2) is 11.1. The van der Waals surface area contributed by atoms with Crippen molar-refractivity contribution in [2.24, 2.45) is 0 Å². The van der Waals surface area contributed by atoms with Gasteiger partial charge in [0.15, 0.2) is 5.11 Å². The number of furan rings is 1. The van der Waals surface area contributed by atoms with Crippen molar-refractivity contribution in [1.82, 2.24) is 5.32 Å². The molecule has 1 aromatic heterocycles. The topological polar surface area (TPSA) is 63.5 Å². The molecule has 0 saturated heterocycles. The van der Waals surface area contributed by atoms with Crippen molar-refractivity contribution in [1.29, 1.82) is 0 Å². The van der Waals surface area contributed by atoms with Crippen LogP contribution in [0.5, 0.6) is 0 Å². The Hall–Kier alpha value is -1.70. The van der Waals surface area contributed by atoms with Crippen LogP contribution in [0.25, 0.3) is 0 Å². The Morgan fingerprint density at radius 3 is 2.92 bits per heavy atom. The maximum absolute atomic E-state index is 11.7. The number of rotatable bonds is 9. The van der Waals surface area contributed by atoms with E-state index in [0.29, 0.717) is 28.0 Å². The summed E-state index contributed by atoms with van der Waals surface area (Å²) in [5, 5.41) is 7.05. The SMILES string of the molecule is CCOC(=O)c1ccc(NC(=S)NCCCSCc2ccco2)cc1Cl. The molecule has 1 aromatic carbocycles. The minimum atomic E-state index is -0.434. The number of carbonyl (C=O) groups excluding carboxylic acids is 1. The smallest absolute Gasteiger partial charge is 0.339 e. The highest BCUT2D eigenvalue weighted by atomic mass is 35.5. The van der Waals surface area contributed by atoms with Crippen LogP contribution in [0.4, 0.5) is 5.69 Å². The van der Waals surface area contributed by atoms with E-state index in [1.54, 1.807) is 31.4 Å². The van der Waals surface area contributed by atoms with Gasteiger partial charge in [-0.05, 0) is 61.6 Å². The zero-order valence-corrected chi connectivity index (χ0v) is 16.8. The molecule has 2 aromatic rings. The maximum atomic E-state index is 11.7. The van der Waals surface area contributed by atoms with Crippen molar-refractivity contribution >= 4 is 52.3 Å². The number of hydrogen-bond donors (Lipinski definition) is 2. The fourth-order valence-corrected chi connectivity index (χ4v) is 3.42. The molecular formula is C18H21ClN2O3S2. The van der Waals surface area contributed by atoms with Crippen LogP contribution < -0.4 is 10.6 Å². The van der Waals surface area contributed by atoms with Gasteiger partial charge in [0, 0.05) is 12.2 Å². The van der Waals surface area contributed by atoms with Crippen LogP contribution in [-0.4, -0.2) is 30.0 Å². The molecule has 0 aliphatic carbocycles. The van der Waals surface area contributed by atoms with Crippen molar-refractivity contribution in [3.8, 4) is 0 Å². The van der Waals surface area contributed by atoms with E-state index in [1.165, 1.54) is 0 Å². The Morgan fingerprint density at radius 1 is 1.38 bits per heavy atom. The Bertz CT molecular complexity index is 723. The molecule has 5 nitrogen and oxygen atoms in total. The van der Waals surface area contributed by atoms with Gasteiger partial charge in [0.2, 0.25) is 0 Å². The summed E-state index contributed by atoms with van der Waals surface area (Å²) in [5.41, 5.74) is 1.05. The lowest BCUT2D eigenvalue weighted by Gasteiger charge is -2.12. The molecule has 2 rings (SSSR count). The number of hydrogen-bond acceptors (Lipinski definition) is 5. The van der Waals surface area contributed by atoms with Gasteiger partial charge in [0.05, 0.1) is 29.2 Å². The fourth-order valence-electron chi connectivity index (χ4n) is 2.09. The average Bonchev–Trinajstić information content (AvgIpc) is 3.11. The number of thioether (sulfide) groups is 1. The average molecular weight is 413 g/mol. The summed E-state index contributed by atoms with van der Waals surface area (Å²) >= 11 is 13.2. The predicted molar refractivity (Wildman–Crippen MR) is 111 cm³/mol. The van der Waals surface area contributed by atoms with Gasteiger partial charge < -0.3 is 19.8 Å². The molecule has 2 N–H and O–H groups in total. The van der Waals surface area contributed by atoms with Crippen LogP contribution in [-0.2, 0) is 10.5 Å². The molecule has 0 atom stereocenters. The lowest BCUT2D eigenvalue weighted by atomic mass is 10.2. The number of carbonyl (C=O) groups is 1. The molecule has 0 bridgehead atoms. The van der Waals surface area contributed by atoms with E-state index >= 15 is 0 Å². The molecule has 0 fully saturated rings. The molecule has 26 heavy (non-hydrogen) atoms. The molecular weight excluding hydrogens is 392 g/mol. The minimum Gasteiger partial charge on any atom is -0.468 e. The van der Waals surface area contributed by atoms with Crippen molar-refractivity contribution in [2.45, 2.75) is 19.1 Å². The van der Waals surface area contributed by atoms with E-state index in [4.69, 9.17) is 33.0 Å². The summed E-state index contributed by atoms with van der Waals surface area (Å²) in [6, 6.07) is 8.89. The van der Waals surface area contributed by atoms with Gasteiger partial charge in [0.1, 0.15) is 5.76 Å². The van der Waals surface area contributed by atoms with Gasteiger partial charge in [-0.15, -0.1) is 0 Å². The lowest BCUT2D eigenvalue weighted by molar-refractivity contribution is 0.0526. The number of anilines is 1. The van der Waals surface area contributed by atoms with Crippen molar-refractivity contribution < 1.29 is 13.9 Å². The highest BCUT2D eigenvalue weighted by Crippen LogP contribution is 2.22. The second-order valence-electron chi connectivity index (χ2n) is 5.28. The van der Waals surface area contributed by atoms with E-state index in [2.05, 4.69) is 10.6 Å². The molecule has 0 unspecified atom stereocenters. The van der Waals surface area contributed by atoms with E-state index in [9.17, 15) is 4.79 Å². The monoisotopic (exact) mass is 412 g/mol. The third kappa shape index (κ3) is 6.90. The third-order valence-corrected chi connectivity index (χ3v) is 4.92. The summed E-state index contributed by atoms with van der Waals surface area (Å²) in [6.45, 7) is 2.83. The Labute approximate surface area is 167 Å². The summed E-state index contributed by atoms with van der Waals surface area (Å²) < 4.78 is 10.2. The number of ether oxygens (including phenoxy) is 1. The van der Waals surface area contributed by atoms with Gasteiger partial charge >= 0.3 is 5.97 Å². The largest absolute Gasteiger partial charge is 0.468 e. The van der Waals surface area contributed by atoms with Crippen molar-refractivity contribution in [2.75, 3.05) is 24.2 Å². The van der Waals surface area contributed by atoms with Gasteiger partial charge in [-0.3, -0.25) is 0 Å². The number of halogens is 1. The Balaban J connectivity index is 1.67. The molecule has 0 aliphatic heterocycles. The van der Waals surface area contributed by atoms with Crippen LogP contribution >= 0.6 is 35.6 Å². The predicted octanol–water partition coefficient (Wildman–Crippen LogP) is 4.72. The van der Waals surface area contributed by atoms with E-state index in [-0.39, 0.29) is 0 Å². The van der Waals surface area contributed by atoms with Crippen molar-refractivity contribution in [3.05, 3.63) is 52.9 Å². The van der Waals surface area contributed by atoms with Crippen LogP contribution in [0.3, 0.4) is 0 Å². The second-order valence-corrected chi connectivity index (χ2v) is 7.20. The van der Waals surface area contributed by atoms with Gasteiger partial charge in [-0.2, -0.15) is 11.8 Å². The molecule has 0 radical (unpaired) electrons. The maximum Gasteiger partial charge on any atom is 0.339 e. The lowest BCUT2D eigenvalue weighted by Crippen LogP contribution is -2.29. The molecule has 0 aliphatic rings.